The summed E-state index contributed by atoms with van der Waals surface area (Å²) in [6.45, 7) is 0.754. The van der Waals surface area contributed by atoms with E-state index in [0.717, 1.165) is 31.2 Å². The van der Waals surface area contributed by atoms with Crippen molar-refractivity contribution in [2.45, 2.75) is 54.5 Å². The van der Waals surface area contributed by atoms with Crippen LogP contribution in [0, 0.1) is 0 Å². The molecule has 28 heavy (non-hydrogen) atoms. The molecule has 1 heterocycles. The molecule has 0 amide bonds. The van der Waals surface area contributed by atoms with Crippen LogP contribution in [0.3, 0.4) is 0 Å². The van der Waals surface area contributed by atoms with Crippen molar-refractivity contribution in [2.24, 2.45) is 0 Å². The first-order valence-corrected chi connectivity index (χ1v) is 12.5. The number of rotatable bonds is 5. The van der Waals surface area contributed by atoms with Crippen LogP contribution in [0.15, 0.2) is 58.3 Å². The molecule has 1 fully saturated rings. The minimum Gasteiger partial charge on any atom is -0.208 e. The Bertz CT molecular complexity index is 1060. The molecule has 0 bridgehead atoms. The van der Waals surface area contributed by atoms with Gasteiger partial charge >= 0.3 is 0 Å². The largest absolute Gasteiger partial charge is 0.243 e. The lowest BCUT2D eigenvalue weighted by Gasteiger charge is -2.28. The second-order valence-corrected chi connectivity index (χ2v) is 11.1. The van der Waals surface area contributed by atoms with E-state index in [-0.39, 0.29) is 15.8 Å². The summed E-state index contributed by atoms with van der Waals surface area (Å²) in [7, 11) is -7.30. The Balaban J connectivity index is 1.53. The van der Waals surface area contributed by atoms with Gasteiger partial charge in [0.2, 0.25) is 20.0 Å². The van der Waals surface area contributed by atoms with Crippen molar-refractivity contribution in [3.05, 3.63) is 59.7 Å². The lowest BCUT2D eigenvalue weighted by atomic mass is 10.0. The maximum atomic E-state index is 13.0. The smallest absolute Gasteiger partial charge is 0.208 e. The predicted molar refractivity (Wildman–Crippen MR) is 107 cm³/mol. The Morgan fingerprint density at radius 3 is 2.11 bits per heavy atom. The van der Waals surface area contributed by atoms with Gasteiger partial charge in [-0.05, 0) is 54.7 Å². The average molecular weight is 421 g/mol. The fraction of sp³-hybridized carbons (Fsp3) is 0.400. The summed E-state index contributed by atoms with van der Waals surface area (Å²) in [4.78, 5) is 0.217. The third-order valence-corrected chi connectivity index (χ3v) is 8.94. The first kappa shape index (κ1) is 19.6. The molecule has 0 radical (unpaired) electrons. The first-order valence-electron chi connectivity index (χ1n) is 9.56. The highest BCUT2D eigenvalue weighted by Gasteiger charge is 2.29. The lowest BCUT2D eigenvalue weighted by Crippen LogP contribution is -2.36. The van der Waals surface area contributed by atoms with Gasteiger partial charge in [-0.2, -0.15) is 4.31 Å². The fourth-order valence-electron chi connectivity index (χ4n) is 3.95. The molecule has 2 aromatic carbocycles. The Hall–Kier alpha value is -1.74. The van der Waals surface area contributed by atoms with Gasteiger partial charge in [-0.1, -0.05) is 37.1 Å². The molecular weight excluding hydrogens is 396 g/mol. The van der Waals surface area contributed by atoms with Gasteiger partial charge < -0.3 is 0 Å². The molecule has 0 unspecified atom stereocenters. The van der Waals surface area contributed by atoms with Crippen molar-refractivity contribution in [1.82, 2.24) is 9.03 Å². The molecule has 1 aliphatic carbocycles. The summed E-state index contributed by atoms with van der Waals surface area (Å²) < 4.78 is 55.2. The molecular formula is C20H24N2O4S2. The Kier molecular flexibility index (Phi) is 5.30. The second kappa shape index (κ2) is 7.59. The van der Waals surface area contributed by atoms with E-state index in [4.69, 9.17) is 0 Å². The highest BCUT2D eigenvalue weighted by molar-refractivity contribution is 7.89. The maximum absolute atomic E-state index is 13.0. The summed E-state index contributed by atoms with van der Waals surface area (Å²) in [6, 6.07) is 13.3. The quantitative estimate of drug-likeness (QED) is 0.806. The summed E-state index contributed by atoms with van der Waals surface area (Å²) in [5.41, 5.74) is 2.19. The zero-order chi connectivity index (χ0) is 19.8. The molecule has 2 aliphatic rings. The maximum Gasteiger partial charge on any atom is 0.243 e. The van der Waals surface area contributed by atoms with Crippen LogP contribution in [0.2, 0.25) is 0 Å². The second-order valence-electron chi connectivity index (χ2n) is 7.43. The van der Waals surface area contributed by atoms with Gasteiger partial charge in [-0.15, -0.1) is 0 Å². The number of hydrogen-bond acceptors (Lipinski definition) is 4. The number of hydrogen-bond donors (Lipinski definition) is 1. The van der Waals surface area contributed by atoms with Crippen molar-refractivity contribution in [2.75, 3.05) is 6.54 Å². The molecule has 1 saturated carbocycles. The van der Waals surface area contributed by atoms with Gasteiger partial charge in [0.25, 0.3) is 0 Å². The average Bonchev–Trinajstić information content (AvgIpc) is 3.20. The zero-order valence-electron chi connectivity index (χ0n) is 15.5. The number of nitrogens with zero attached hydrogens (tertiary/aromatic N) is 1. The third-order valence-electron chi connectivity index (χ3n) is 5.54. The van der Waals surface area contributed by atoms with Crippen LogP contribution in [0.5, 0.6) is 0 Å². The van der Waals surface area contributed by atoms with Crippen molar-refractivity contribution in [3.63, 3.8) is 0 Å². The van der Waals surface area contributed by atoms with Crippen LogP contribution < -0.4 is 4.72 Å². The molecule has 6 nitrogen and oxygen atoms in total. The Morgan fingerprint density at radius 1 is 0.821 bits per heavy atom. The summed E-state index contributed by atoms with van der Waals surface area (Å²) in [6.07, 6.45) is 4.43. The molecule has 8 heteroatoms. The van der Waals surface area contributed by atoms with Crippen molar-refractivity contribution in [3.8, 4) is 0 Å². The number of benzene rings is 2. The van der Waals surface area contributed by atoms with E-state index in [9.17, 15) is 16.8 Å². The van der Waals surface area contributed by atoms with Crippen LogP contribution in [0.1, 0.15) is 36.8 Å². The monoisotopic (exact) mass is 420 g/mol. The van der Waals surface area contributed by atoms with Crippen molar-refractivity contribution in [1.29, 1.82) is 0 Å². The molecule has 4 rings (SSSR count). The highest BCUT2D eigenvalue weighted by atomic mass is 32.2. The van der Waals surface area contributed by atoms with Gasteiger partial charge in [0.15, 0.2) is 0 Å². The van der Waals surface area contributed by atoms with Crippen LogP contribution >= 0.6 is 0 Å². The molecule has 2 aromatic rings. The minimum absolute atomic E-state index is 0.0261. The van der Waals surface area contributed by atoms with E-state index < -0.39 is 20.0 Å². The summed E-state index contributed by atoms with van der Waals surface area (Å²) >= 11 is 0. The van der Waals surface area contributed by atoms with Crippen LogP contribution in [-0.4, -0.2) is 33.7 Å². The van der Waals surface area contributed by atoms with Gasteiger partial charge in [-0.25, -0.2) is 21.6 Å². The van der Waals surface area contributed by atoms with Crippen molar-refractivity contribution < 1.29 is 16.8 Å². The summed E-state index contributed by atoms with van der Waals surface area (Å²) in [5, 5.41) is 0. The van der Waals surface area contributed by atoms with E-state index in [1.54, 1.807) is 0 Å². The molecule has 0 saturated heterocycles. The van der Waals surface area contributed by atoms with E-state index in [1.807, 2.05) is 24.3 Å². The Labute approximate surface area is 166 Å². The van der Waals surface area contributed by atoms with Crippen LogP contribution in [0.25, 0.3) is 0 Å². The van der Waals surface area contributed by atoms with E-state index in [2.05, 4.69) is 4.72 Å². The zero-order valence-corrected chi connectivity index (χ0v) is 17.2. The van der Waals surface area contributed by atoms with Gasteiger partial charge in [0.1, 0.15) is 0 Å². The Morgan fingerprint density at radius 2 is 1.43 bits per heavy atom. The topological polar surface area (TPSA) is 83.5 Å². The molecule has 0 atom stereocenters. The van der Waals surface area contributed by atoms with Gasteiger partial charge in [-0.3, -0.25) is 0 Å². The first-order chi connectivity index (χ1) is 13.4. The number of fused-ring (bicyclic) bond motifs is 1. The van der Waals surface area contributed by atoms with E-state index >= 15 is 0 Å². The molecule has 150 valence electrons. The number of nitrogens with one attached hydrogen (secondary N) is 1. The van der Waals surface area contributed by atoms with Crippen molar-refractivity contribution >= 4 is 20.0 Å². The number of sulfonamides is 2. The SMILES string of the molecule is O=S(=O)(NC1CCCC1)c1ccc(S(=O)(=O)N2CCc3ccccc3C2)cc1. The third kappa shape index (κ3) is 3.87. The standard InChI is InChI=1S/C20H24N2O4S2/c23-27(24,21-18-7-3-4-8-18)19-9-11-20(12-10-19)28(25,26)22-14-13-16-5-1-2-6-17(16)15-22/h1-2,5-6,9-12,18,21H,3-4,7-8,13-15H2. The fourth-order valence-corrected chi connectivity index (χ4v) is 6.67. The van der Waals surface area contributed by atoms with Crippen LogP contribution in [0.4, 0.5) is 0 Å². The summed E-state index contributed by atoms with van der Waals surface area (Å²) in [5.74, 6) is 0. The molecule has 1 N–H and O–H groups in total. The predicted octanol–water partition coefficient (Wildman–Crippen LogP) is 2.65. The molecule has 0 spiro atoms. The molecule has 0 aromatic heterocycles. The van der Waals surface area contributed by atoms with E-state index in [0.29, 0.717) is 19.5 Å². The highest BCUT2D eigenvalue weighted by Crippen LogP contribution is 2.26. The minimum atomic E-state index is -3.67. The lowest BCUT2D eigenvalue weighted by molar-refractivity contribution is 0.391. The van der Waals surface area contributed by atoms with Gasteiger partial charge in [0, 0.05) is 19.1 Å². The van der Waals surface area contributed by atoms with E-state index in [1.165, 1.54) is 34.1 Å². The molecule has 1 aliphatic heterocycles. The normalized spacial score (nSPS) is 18.9. The van der Waals surface area contributed by atoms with Crippen LogP contribution in [-0.2, 0) is 33.0 Å². The van der Waals surface area contributed by atoms with Gasteiger partial charge in [0.05, 0.1) is 9.79 Å².